The highest BCUT2D eigenvalue weighted by molar-refractivity contribution is 6.43. The van der Waals surface area contributed by atoms with Crippen molar-refractivity contribution in [1.29, 1.82) is 0 Å². The molecule has 8 nitrogen and oxygen atoms in total. The molecule has 2 N–H and O–H groups in total. The topological polar surface area (TPSA) is 105 Å². The lowest BCUT2D eigenvalue weighted by atomic mass is 10.2. The molecule has 0 aliphatic rings. The molecule has 0 spiro atoms. The minimum absolute atomic E-state index is 0.0991. The van der Waals surface area contributed by atoms with Gasteiger partial charge >= 0.3 is 11.8 Å². The first-order valence-corrected chi connectivity index (χ1v) is 7.01. The second-order valence-corrected chi connectivity index (χ2v) is 5.16. The van der Waals surface area contributed by atoms with Crippen LogP contribution in [0.3, 0.4) is 0 Å². The van der Waals surface area contributed by atoms with Gasteiger partial charge in [0, 0.05) is 43.3 Å². The van der Waals surface area contributed by atoms with E-state index in [0.717, 1.165) is 5.69 Å². The van der Waals surface area contributed by atoms with Gasteiger partial charge in [-0.05, 0) is 30.3 Å². The van der Waals surface area contributed by atoms with Crippen LogP contribution in [-0.2, 0) is 9.59 Å². The number of nitrogens with one attached hydrogen (secondary N) is 2. The lowest BCUT2D eigenvalue weighted by Crippen LogP contribution is -2.29. The number of hydrogen-bond donors (Lipinski definition) is 2. The molecule has 0 aromatic heterocycles. The molecule has 2 amide bonds. The van der Waals surface area contributed by atoms with Crippen LogP contribution >= 0.6 is 0 Å². The number of anilines is 3. The van der Waals surface area contributed by atoms with Crippen LogP contribution < -0.4 is 15.5 Å². The van der Waals surface area contributed by atoms with Gasteiger partial charge in [0.05, 0.1) is 4.92 Å². The molecule has 0 atom stereocenters. The number of nitrogens with zero attached hydrogens (tertiary/aromatic N) is 2. The number of rotatable bonds is 4. The van der Waals surface area contributed by atoms with Crippen molar-refractivity contribution in [1.82, 2.24) is 0 Å². The Morgan fingerprint density at radius 3 is 2.08 bits per heavy atom. The van der Waals surface area contributed by atoms with Gasteiger partial charge in [-0.2, -0.15) is 0 Å². The molecule has 124 valence electrons. The molecule has 2 aromatic rings. The van der Waals surface area contributed by atoms with E-state index in [-0.39, 0.29) is 5.69 Å². The molecule has 0 saturated carbocycles. The van der Waals surface area contributed by atoms with Gasteiger partial charge in [0.2, 0.25) is 0 Å². The predicted octanol–water partition coefficient (Wildman–Crippen LogP) is 2.24. The first-order valence-electron chi connectivity index (χ1n) is 7.01. The van der Waals surface area contributed by atoms with Gasteiger partial charge in [-0.1, -0.05) is 6.07 Å². The molecular weight excluding hydrogens is 312 g/mol. The van der Waals surface area contributed by atoms with E-state index in [1.165, 1.54) is 24.3 Å². The molecular formula is C16H16N4O4. The van der Waals surface area contributed by atoms with Crippen LogP contribution in [0, 0.1) is 10.1 Å². The fourth-order valence-corrected chi connectivity index (χ4v) is 1.90. The van der Waals surface area contributed by atoms with Gasteiger partial charge in [0.1, 0.15) is 0 Å². The SMILES string of the molecule is CN(C)c1cccc(NC(=O)C(=O)Nc2ccc([N+](=O)[O-])cc2)c1. The number of nitro benzene ring substituents is 1. The Bertz CT molecular complexity index is 772. The molecule has 8 heteroatoms. The number of nitro groups is 1. The third kappa shape index (κ3) is 4.29. The van der Waals surface area contributed by atoms with E-state index in [1.54, 1.807) is 18.2 Å². The molecule has 0 fully saturated rings. The highest BCUT2D eigenvalue weighted by Gasteiger charge is 2.15. The summed E-state index contributed by atoms with van der Waals surface area (Å²) in [6.45, 7) is 0. The molecule has 2 aromatic carbocycles. The Balaban J connectivity index is 2.00. The van der Waals surface area contributed by atoms with Crippen LogP contribution in [0.2, 0.25) is 0 Å². The van der Waals surface area contributed by atoms with Crippen molar-refractivity contribution in [3.8, 4) is 0 Å². The van der Waals surface area contributed by atoms with Crippen molar-refractivity contribution in [2.75, 3.05) is 29.6 Å². The molecule has 0 saturated heterocycles. The lowest BCUT2D eigenvalue weighted by molar-refractivity contribution is -0.384. The minimum atomic E-state index is -0.862. The molecule has 0 aliphatic heterocycles. The fraction of sp³-hybridized carbons (Fsp3) is 0.125. The maximum absolute atomic E-state index is 11.9. The zero-order valence-corrected chi connectivity index (χ0v) is 13.1. The highest BCUT2D eigenvalue weighted by atomic mass is 16.6. The lowest BCUT2D eigenvalue weighted by Gasteiger charge is -2.14. The van der Waals surface area contributed by atoms with Crippen LogP contribution in [0.1, 0.15) is 0 Å². The Kier molecular flexibility index (Phi) is 5.10. The van der Waals surface area contributed by atoms with Gasteiger partial charge in [-0.15, -0.1) is 0 Å². The minimum Gasteiger partial charge on any atom is -0.378 e. The number of benzene rings is 2. The van der Waals surface area contributed by atoms with Gasteiger partial charge in [0.25, 0.3) is 5.69 Å². The van der Waals surface area contributed by atoms with Crippen molar-refractivity contribution in [2.24, 2.45) is 0 Å². The second kappa shape index (κ2) is 7.23. The monoisotopic (exact) mass is 328 g/mol. The summed E-state index contributed by atoms with van der Waals surface area (Å²) in [6, 6.07) is 12.2. The number of carbonyl (C=O) groups excluding carboxylic acids is 2. The summed E-state index contributed by atoms with van der Waals surface area (Å²) >= 11 is 0. The Labute approximate surface area is 138 Å². The van der Waals surface area contributed by atoms with Crippen LogP contribution in [0.4, 0.5) is 22.7 Å². The van der Waals surface area contributed by atoms with Crippen LogP contribution in [-0.4, -0.2) is 30.8 Å². The van der Waals surface area contributed by atoms with E-state index in [9.17, 15) is 19.7 Å². The molecule has 0 bridgehead atoms. The fourth-order valence-electron chi connectivity index (χ4n) is 1.90. The van der Waals surface area contributed by atoms with E-state index in [1.807, 2.05) is 25.1 Å². The summed E-state index contributed by atoms with van der Waals surface area (Å²) in [4.78, 5) is 35.7. The standard InChI is InChI=1S/C16H16N4O4/c1-19(2)14-5-3-4-12(10-14)18-16(22)15(21)17-11-6-8-13(9-7-11)20(23)24/h3-10H,1-2H3,(H,17,21)(H,18,22). The summed E-state index contributed by atoms with van der Waals surface area (Å²) in [6.07, 6.45) is 0. The highest BCUT2D eigenvalue weighted by Crippen LogP contribution is 2.18. The van der Waals surface area contributed by atoms with E-state index < -0.39 is 16.7 Å². The number of non-ortho nitro benzene ring substituents is 1. The smallest absolute Gasteiger partial charge is 0.314 e. The number of hydrogen-bond acceptors (Lipinski definition) is 5. The van der Waals surface area contributed by atoms with Gasteiger partial charge in [-0.25, -0.2) is 0 Å². The normalized spacial score (nSPS) is 9.92. The summed E-state index contributed by atoms with van der Waals surface area (Å²) in [7, 11) is 3.73. The predicted molar refractivity (Wildman–Crippen MR) is 91.1 cm³/mol. The second-order valence-electron chi connectivity index (χ2n) is 5.16. The van der Waals surface area contributed by atoms with Crippen molar-refractivity contribution in [2.45, 2.75) is 0 Å². The van der Waals surface area contributed by atoms with Crippen LogP contribution in [0.15, 0.2) is 48.5 Å². The summed E-state index contributed by atoms with van der Waals surface area (Å²) in [5, 5.41) is 15.5. The zero-order chi connectivity index (χ0) is 17.7. The van der Waals surface area contributed by atoms with Crippen molar-refractivity contribution in [3.63, 3.8) is 0 Å². The molecule has 0 radical (unpaired) electrons. The van der Waals surface area contributed by atoms with Crippen molar-refractivity contribution in [3.05, 3.63) is 58.6 Å². The van der Waals surface area contributed by atoms with Gasteiger partial charge in [0.15, 0.2) is 0 Å². The first kappa shape index (κ1) is 16.9. The zero-order valence-electron chi connectivity index (χ0n) is 13.1. The third-order valence-corrected chi connectivity index (χ3v) is 3.16. The summed E-state index contributed by atoms with van der Waals surface area (Å²) in [5.41, 5.74) is 1.56. The average molecular weight is 328 g/mol. The van der Waals surface area contributed by atoms with Gasteiger partial charge < -0.3 is 15.5 Å². The van der Waals surface area contributed by atoms with Crippen molar-refractivity contribution >= 4 is 34.6 Å². The maximum Gasteiger partial charge on any atom is 0.314 e. The largest absolute Gasteiger partial charge is 0.378 e. The summed E-state index contributed by atoms with van der Waals surface area (Å²) < 4.78 is 0. The van der Waals surface area contributed by atoms with E-state index in [4.69, 9.17) is 0 Å². The quantitative estimate of drug-likeness (QED) is 0.509. The Morgan fingerprint density at radius 1 is 0.958 bits per heavy atom. The van der Waals surface area contributed by atoms with Crippen LogP contribution in [0.25, 0.3) is 0 Å². The first-order chi connectivity index (χ1) is 11.4. The van der Waals surface area contributed by atoms with E-state index in [0.29, 0.717) is 11.4 Å². The number of amides is 2. The molecule has 0 unspecified atom stereocenters. The summed E-state index contributed by atoms with van der Waals surface area (Å²) in [5.74, 6) is -1.69. The Hall–Kier alpha value is -3.42. The average Bonchev–Trinajstić information content (AvgIpc) is 2.55. The maximum atomic E-state index is 11.9. The third-order valence-electron chi connectivity index (χ3n) is 3.16. The number of carbonyl (C=O) groups is 2. The van der Waals surface area contributed by atoms with Crippen LogP contribution in [0.5, 0.6) is 0 Å². The molecule has 2 rings (SSSR count). The van der Waals surface area contributed by atoms with Gasteiger partial charge in [-0.3, -0.25) is 19.7 Å². The van der Waals surface area contributed by atoms with E-state index in [2.05, 4.69) is 10.6 Å². The Morgan fingerprint density at radius 2 is 1.54 bits per heavy atom. The molecule has 24 heavy (non-hydrogen) atoms. The van der Waals surface area contributed by atoms with E-state index >= 15 is 0 Å². The molecule has 0 heterocycles. The van der Waals surface area contributed by atoms with Crippen molar-refractivity contribution < 1.29 is 14.5 Å². The molecule has 0 aliphatic carbocycles.